The summed E-state index contributed by atoms with van der Waals surface area (Å²) in [4.78, 5) is 32.3. The van der Waals surface area contributed by atoms with E-state index < -0.39 is 6.17 Å². The van der Waals surface area contributed by atoms with E-state index in [0.717, 1.165) is 47.3 Å². The fourth-order valence-electron chi connectivity index (χ4n) is 5.64. The third kappa shape index (κ3) is 6.29. The van der Waals surface area contributed by atoms with E-state index >= 15 is 0 Å². The highest BCUT2D eigenvalue weighted by atomic mass is 32.1. The molecule has 0 aliphatic carbocycles. The molecule has 4 N–H and O–H groups in total. The number of ether oxygens (including phenoxy) is 2. The second kappa shape index (κ2) is 12.9. The highest BCUT2D eigenvalue weighted by molar-refractivity contribution is 7.16. The molecule has 3 aliphatic heterocycles. The van der Waals surface area contributed by atoms with Gasteiger partial charge in [0.2, 0.25) is 6.17 Å². The van der Waals surface area contributed by atoms with E-state index in [1.165, 1.54) is 0 Å². The summed E-state index contributed by atoms with van der Waals surface area (Å²) in [5.74, 6) is -0.234. The first-order valence-electron chi connectivity index (χ1n) is 14.9. The normalized spacial score (nSPS) is 20.0. The highest BCUT2D eigenvalue weighted by Gasteiger charge is 2.36. The number of hydrogen-bond donors (Lipinski definition) is 3. The highest BCUT2D eigenvalue weighted by Crippen LogP contribution is 2.38. The SMILES string of the molecule is CC(C)(c1nc(C(=N)CC(N)=NC2N=C(c3ccccc3)c3ccccc3NC2=O)c(N2CCOCC2)s1)N1CCOCC1. The predicted octanol–water partition coefficient (Wildman–Crippen LogP) is 3.48. The van der Waals surface area contributed by atoms with Crippen LogP contribution in [-0.2, 0) is 19.8 Å². The Morgan fingerprint density at radius 3 is 2.43 bits per heavy atom. The van der Waals surface area contributed by atoms with Crippen LogP contribution in [0.3, 0.4) is 0 Å². The molecule has 2 saturated heterocycles. The zero-order valence-electron chi connectivity index (χ0n) is 25.1. The Kier molecular flexibility index (Phi) is 8.85. The summed E-state index contributed by atoms with van der Waals surface area (Å²) in [7, 11) is 0. The maximum Gasteiger partial charge on any atom is 0.271 e. The van der Waals surface area contributed by atoms with Gasteiger partial charge in [0.15, 0.2) is 0 Å². The van der Waals surface area contributed by atoms with Crippen molar-refractivity contribution in [1.29, 1.82) is 5.41 Å². The second-order valence-corrected chi connectivity index (χ2v) is 12.4. The number of morpholine rings is 2. The number of amidine groups is 1. The second-order valence-electron chi connectivity index (χ2n) is 11.5. The van der Waals surface area contributed by atoms with Crippen LogP contribution in [0.5, 0.6) is 0 Å². The lowest BCUT2D eigenvalue weighted by Gasteiger charge is -2.39. The van der Waals surface area contributed by atoms with Gasteiger partial charge in [-0.2, -0.15) is 0 Å². The molecule has 1 unspecified atom stereocenters. The third-order valence-electron chi connectivity index (χ3n) is 8.14. The molecule has 230 valence electrons. The van der Waals surface area contributed by atoms with Crippen LogP contribution >= 0.6 is 11.3 Å². The van der Waals surface area contributed by atoms with Crippen LogP contribution in [0.2, 0.25) is 0 Å². The number of carbonyl (C=O) groups excluding carboxylic acids is 1. The lowest BCUT2D eigenvalue weighted by atomic mass is 10.0. The number of hydrogen-bond acceptors (Lipinski definition) is 10. The molecular formula is C32H38N8O3S. The summed E-state index contributed by atoms with van der Waals surface area (Å²) in [5.41, 5.74) is 9.97. The van der Waals surface area contributed by atoms with Gasteiger partial charge in [0, 0.05) is 43.7 Å². The number of rotatable bonds is 8. The van der Waals surface area contributed by atoms with Gasteiger partial charge < -0.3 is 30.8 Å². The van der Waals surface area contributed by atoms with Gasteiger partial charge in [-0.05, 0) is 19.9 Å². The lowest BCUT2D eigenvalue weighted by molar-refractivity contribution is -0.117. The van der Waals surface area contributed by atoms with Gasteiger partial charge in [-0.15, -0.1) is 0 Å². The van der Waals surface area contributed by atoms with Crippen LogP contribution in [0.25, 0.3) is 0 Å². The zero-order chi connectivity index (χ0) is 30.7. The Morgan fingerprint density at radius 1 is 1.05 bits per heavy atom. The number of para-hydroxylation sites is 1. The molecule has 4 heterocycles. The minimum Gasteiger partial charge on any atom is -0.387 e. The number of anilines is 2. The maximum absolute atomic E-state index is 13.3. The fourth-order valence-corrected chi connectivity index (χ4v) is 6.91. The predicted molar refractivity (Wildman–Crippen MR) is 175 cm³/mol. The number of benzodiazepines with no additional fused rings is 1. The first-order valence-corrected chi connectivity index (χ1v) is 15.7. The first-order chi connectivity index (χ1) is 21.3. The van der Waals surface area contributed by atoms with Crippen LogP contribution in [0.4, 0.5) is 10.7 Å². The van der Waals surface area contributed by atoms with E-state index in [1.54, 1.807) is 11.3 Å². The number of nitrogens with one attached hydrogen (secondary N) is 2. The van der Waals surface area contributed by atoms with Crippen molar-refractivity contribution in [3.05, 3.63) is 76.4 Å². The first kappa shape index (κ1) is 30.1. The van der Waals surface area contributed by atoms with Crippen LogP contribution in [0.1, 0.15) is 42.1 Å². The minimum absolute atomic E-state index is 0.0331. The molecule has 6 rings (SSSR count). The van der Waals surface area contributed by atoms with Crippen molar-refractivity contribution in [3.63, 3.8) is 0 Å². The van der Waals surface area contributed by atoms with E-state index in [2.05, 4.69) is 34.0 Å². The van der Waals surface area contributed by atoms with E-state index in [1.807, 2.05) is 54.6 Å². The quantitative estimate of drug-likeness (QED) is 0.261. The number of aromatic nitrogens is 1. The molecule has 3 aromatic rings. The third-order valence-corrected chi connectivity index (χ3v) is 9.57. The number of thiazole rings is 1. The molecule has 2 aromatic carbocycles. The van der Waals surface area contributed by atoms with Gasteiger partial charge in [-0.25, -0.2) is 15.0 Å². The summed E-state index contributed by atoms with van der Waals surface area (Å²) in [5, 5.41) is 14.0. The smallest absolute Gasteiger partial charge is 0.271 e. The Labute approximate surface area is 261 Å². The van der Waals surface area contributed by atoms with Crippen molar-refractivity contribution in [2.24, 2.45) is 15.7 Å². The van der Waals surface area contributed by atoms with Crippen molar-refractivity contribution >= 4 is 45.2 Å². The van der Waals surface area contributed by atoms with Gasteiger partial charge in [0.05, 0.1) is 49.1 Å². The number of amides is 1. The average molecular weight is 615 g/mol. The molecule has 44 heavy (non-hydrogen) atoms. The summed E-state index contributed by atoms with van der Waals surface area (Å²) in [6, 6.07) is 17.3. The number of aliphatic imine (C=N–C) groups is 2. The van der Waals surface area contributed by atoms with E-state index in [-0.39, 0.29) is 29.4 Å². The van der Waals surface area contributed by atoms with E-state index in [0.29, 0.717) is 43.5 Å². The maximum atomic E-state index is 13.3. The van der Waals surface area contributed by atoms with Gasteiger partial charge in [0.25, 0.3) is 5.91 Å². The average Bonchev–Trinajstić information content (AvgIpc) is 3.46. The summed E-state index contributed by atoms with van der Waals surface area (Å²) >= 11 is 1.62. The topological polar surface area (TPSA) is 142 Å². The summed E-state index contributed by atoms with van der Waals surface area (Å²) < 4.78 is 11.2. The molecule has 1 atom stereocenters. The van der Waals surface area contributed by atoms with Crippen molar-refractivity contribution in [3.8, 4) is 0 Å². The standard InChI is InChI=1S/C32H38N8O3S/c1-32(2,40-14-18-43-19-15-40)31-38-27(30(44-31)39-12-16-42-17-13-39)23(33)20-25(34)36-28-29(41)35-24-11-7-6-10-22(24)26(37-28)21-8-4-3-5-9-21/h3-11,28,33H,12-20H2,1-2H3,(H2,34,36)(H,35,41). The van der Waals surface area contributed by atoms with Gasteiger partial charge in [-0.3, -0.25) is 9.69 Å². The molecule has 0 saturated carbocycles. The molecule has 0 radical (unpaired) electrons. The number of nitrogens with two attached hydrogens (primary N) is 1. The van der Waals surface area contributed by atoms with Crippen LogP contribution < -0.4 is 16.0 Å². The monoisotopic (exact) mass is 614 g/mol. The van der Waals surface area contributed by atoms with Crippen molar-refractivity contribution in [1.82, 2.24) is 9.88 Å². The van der Waals surface area contributed by atoms with Crippen molar-refractivity contribution in [2.45, 2.75) is 32.0 Å². The summed E-state index contributed by atoms with van der Waals surface area (Å²) in [6.45, 7) is 10.1. The van der Waals surface area contributed by atoms with E-state index in [4.69, 9.17) is 30.6 Å². The molecule has 1 amide bonds. The summed E-state index contributed by atoms with van der Waals surface area (Å²) in [6.07, 6.45) is -1.07. The van der Waals surface area contributed by atoms with Gasteiger partial charge in [0.1, 0.15) is 21.5 Å². The molecule has 0 spiro atoms. The Balaban J connectivity index is 1.30. The minimum atomic E-state index is -1.10. The molecule has 2 fully saturated rings. The molecular weight excluding hydrogens is 576 g/mol. The lowest BCUT2D eigenvalue weighted by Crippen LogP contribution is -2.47. The molecule has 1 aromatic heterocycles. The number of benzene rings is 2. The van der Waals surface area contributed by atoms with Crippen molar-refractivity contribution < 1.29 is 14.3 Å². The Hall–Kier alpha value is -3.97. The van der Waals surface area contributed by atoms with E-state index in [9.17, 15) is 4.79 Å². The zero-order valence-corrected chi connectivity index (χ0v) is 25.9. The number of nitrogens with zero attached hydrogens (tertiary/aromatic N) is 5. The number of carbonyl (C=O) groups is 1. The Morgan fingerprint density at radius 2 is 1.70 bits per heavy atom. The molecule has 0 bridgehead atoms. The molecule has 3 aliphatic rings. The van der Waals surface area contributed by atoms with Crippen LogP contribution in [-0.4, -0.2) is 91.8 Å². The fraction of sp³-hybridized carbons (Fsp3) is 0.406. The van der Waals surface area contributed by atoms with Gasteiger partial charge >= 0.3 is 0 Å². The van der Waals surface area contributed by atoms with Crippen LogP contribution in [0.15, 0.2) is 64.6 Å². The van der Waals surface area contributed by atoms with Crippen molar-refractivity contribution in [2.75, 3.05) is 62.8 Å². The number of fused-ring (bicyclic) bond motifs is 1. The molecule has 12 heteroatoms. The van der Waals surface area contributed by atoms with Crippen LogP contribution in [0, 0.1) is 5.41 Å². The largest absolute Gasteiger partial charge is 0.387 e. The molecule has 11 nitrogen and oxygen atoms in total. The van der Waals surface area contributed by atoms with Gasteiger partial charge in [-0.1, -0.05) is 59.9 Å². The Bertz CT molecular complexity index is 1570.